The lowest BCUT2D eigenvalue weighted by Crippen LogP contribution is -2.37. The molecule has 0 unspecified atom stereocenters. The molecule has 0 atom stereocenters. The van der Waals surface area contributed by atoms with Crippen LogP contribution in [0.3, 0.4) is 0 Å². The SMILES string of the molecule is CCCCCCCCC1CCN(C(c2ccccc2)c2ccccc2)CC1. The maximum absolute atomic E-state index is 2.71. The fourth-order valence-corrected chi connectivity index (χ4v) is 4.60. The third-order valence-corrected chi connectivity index (χ3v) is 6.21. The van der Waals surface area contributed by atoms with Gasteiger partial charge in [-0.3, -0.25) is 4.90 Å². The zero-order valence-electron chi connectivity index (χ0n) is 17.2. The number of rotatable bonds is 10. The van der Waals surface area contributed by atoms with E-state index >= 15 is 0 Å². The van der Waals surface area contributed by atoms with E-state index in [0.29, 0.717) is 6.04 Å². The average Bonchev–Trinajstić information content (AvgIpc) is 2.73. The zero-order chi connectivity index (χ0) is 18.7. The Morgan fingerprint density at radius 1 is 0.741 bits per heavy atom. The van der Waals surface area contributed by atoms with Crippen LogP contribution < -0.4 is 0 Å². The molecule has 0 bridgehead atoms. The number of likely N-dealkylation sites (tertiary alicyclic amines) is 1. The van der Waals surface area contributed by atoms with Gasteiger partial charge in [0.25, 0.3) is 0 Å². The van der Waals surface area contributed by atoms with Crippen LogP contribution in [0, 0.1) is 5.92 Å². The van der Waals surface area contributed by atoms with Crippen LogP contribution in [0.25, 0.3) is 0 Å². The molecule has 0 aromatic heterocycles. The molecule has 1 heterocycles. The number of hydrogen-bond donors (Lipinski definition) is 0. The van der Waals surface area contributed by atoms with E-state index in [4.69, 9.17) is 0 Å². The molecule has 2 aromatic carbocycles. The molecule has 2 aromatic rings. The number of piperidine rings is 1. The molecule has 1 aliphatic rings. The Bertz CT molecular complexity index is 574. The summed E-state index contributed by atoms with van der Waals surface area (Å²) in [5.41, 5.74) is 2.86. The molecule has 0 radical (unpaired) electrons. The van der Waals surface area contributed by atoms with Gasteiger partial charge in [-0.25, -0.2) is 0 Å². The summed E-state index contributed by atoms with van der Waals surface area (Å²) < 4.78 is 0. The fraction of sp³-hybridized carbons (Fsp3) is 0.538. The lowest BCUT2D eigenvalue weighted by atomic mass is 9.88. The van der Waals surface area contributed by atoms with Crippen molar-refractivity contribution in [2.24, 2.45) is 5.92 Å². The van der Waals surface area contributed by atoms with Crippen LogP contribution in [0.4, 0.5) is 0 Å². The summed E-state index contributed by atoms with van der Waals surface area (Å²) in [5.74, 6) is 0.944. The van der Waals surface area contributed by atoms with Crippen LogP contribution >= 0.6 is 0 Å². The van der Waals surface area contributed by atoms with Gasteiger partial charge >= 0.3 is 0 Å². The Morgan fingerprint density at radius 3 is 1.81 bits per heavy atom. The zero-order valence-corrected chi connectivity index (χ0v) is 17.2. The summed E-state index contributed by atoms with van der Waals surface area (Å²) >= 11 is 0. The molecule has 0 aliphatic carbocycles. The molecular formula is C26H37N. The molecule has 1 fully saturated rings. The normalized spacial score (nSPS) is 16.1. The number of benzene rings is 2. The minimum atomic E-state index is 0.405. The van der Waals surface area contributed by atoms with Gasteiger partial charge in [0, 0.05) is 0 Å². The van der Waals surface area contributed by atoms with Crippen LogP contribution in [0.2, 0.25) is 0 Å². The second-order valence-electron chi connectivity index (χ2n) is 8.26. The van der Waals surface area contributed by atoms with Gasteiger partial charge in [-0.2, -0.15) is 0 Å². The highest BCUT2D eigenvalue weighted by Gasteiger charge is 2.26. The van der Waals surface area contributed by atoms with Gasteiger partial charge in [0.1, 0.15) is 0 Å². The van der Waals surface area contributed by atoms with E-state index in [2.05, 4.69) is 72.5 Å². The third kappa shape index (κ3) is 6.21. The summed E-state index contributed by atoms with van der Waals surface area (Å²) in [4.78, 5) is 2.71. The monoisotopic (exact) mass is 363 g/mol. The smallest absolute Gasteiger partial charge is 0.0601 e. The largest absolute Gasteiger partial charge is 0.292 e. The quantitative estimate of drug-likeness (QED) is 0.402. The molecule has 0 N–H and O–H groups in total. The topological polar surface area (TPSA) is 3.24 Å². The minimum Gasteiger partial charge on any atom is -0.292 e. The second kappa shape index (κ2) is 11.3. The minimum absolute atomic E-state index is 0.405. The molecule has 1 saturated heterocycles. The highest BCUT2D eigenvalue weighted by Crippen LogP contribution is 2.33. The van der Waals surface area contributed by atoms with Crippen molar-refractivity contribution in [1.29, 1.82) is 0 Å². The van der Waals surface area contributed by atoms with Crippen LogP contribution in [0.15, 0.2) is 60.7 Å². The second-order valence-corrected chi connectivity index (χ2v) is 8.26. The molecule has 0 spiro atoms. The molecule has 0 amide bonds. The first kappa shape index (κ1) is 20.1. The van der Waals surface area contributed by atoms with Gasteiger partial charge in [-0.05, 0) is 43.0 Å². The highest BCUT2D eigenvalue weighted by molar-refractivity contribution is 5.31. The van der Waals surface area contributed by atoms with Crippen molar-refractivity contribution in [2.75, 3.05) is 13.1 Å². The van der Waals surface area contributed by atoms with Gasteiger partial charge in [-0.1, -0.05) is 113 Å². The maximum atomic E-state index is 2.71. The summed E-state index contributed by atoms with van der Waals surface area (Å²) in [6.45, 7) is 4.76. The molecule has 1 aliphatic heterocycles. The van der Waals surface area contributed by atoms with Crippen molar-refractivity contribution in [3.05, 3.63) is 71.8 Å². The first-order chi connectivity index (χ1) is 13.4. The molecule has 1 nitrogen and oxygen atoms in total. The van der Waals surface area contributed by atoms with Crippen LogP contribution in [-0.2, 0) is 0 Å². The van der Waals surface area contributed by atoms with E-state index in [1.165, 1.54) is 82.0 Å². The predicted molar refractivity (Wildman–Crippen MR) is 117 cm³/mol. The fourth-order valence-electron chi connectivity index (χ4n) is 4.60. The van der Waals surface area contributed by atoms with E-state index in [9.17, 15) is 0 Å². The Kier molecular flexibility index (Phi) is 8.42. The summed E-state index contributed by atoms with van der Waals surface area (Å²) in [7, 11) is 0. The Balaban J connectivity index is 1.53. The Labute approximate surface area is 166 Å². The van der Waals surface area contributed by atoms with E-state index in [1.54, 1.807) is 0 Å². The third-order valence-electron chi connectivity index (χ3n) is 6.21. The van der Waals surface area contributed by atoms with Crippen molar-refractivity contribution in [3.8, 4) is 0 Å². The molecule has 27 heavy (non-hydrogen) atoms. The predicted octanol–water partition coefficient (Wildman–Crippen LogP) is 7.24. The van der Waals surface area contributed by atoms with Crippen molar-refractivity contribution >= 4 is 0 Å². The lowest BCUT2D eigenvalue weighted by molar-refractivity contribution is 0.145. The molecule has 1 heteroatoms. The first-order valence-corrected chi connectivity index (χ1v) is 11.2. The first-order valence-electron chi connectivity index (χ1n) is 11.2. The van der Waals surface area contributed by atoms with Crippen LogP contribution in [0.5, 0.6) is 0 Å². The number of nitrogens with zero attached hydrogens (tertiary/aromatic N) is 1. The summed E-state index contributed by atoms with van der Waals surface area (Å²) in [5, 5.41) is 0. The van der Waals surface area contributed by atoms with Gasteiger partial charge in [-0.15, -0.1) is 0 Å². The number of hydrogen-bond acceptors (Lipinski definition) is 1. The van der Waals surface area contributed by atoms with E-state index in [-0.39, 0.29) is 0 Å². The van der Waals surface area contributed by atoms with Crippen molar-refractivity contribution in [3.63, 3.8) is 0 Å². The summed E-state index contributed by atoms with van der Waals surface area (Å²) in [6, 6.07) is 22.5. The average molecular weight is 364 g/mol. The van der Waals surface area contributed by atoms with Gasteiger partial charge in [0.2, 0.25) is 0 Å². The van der Waals surface area contributed by atoms with Crippen molar-refractivity contribution in [1.82, 2.24) is 4.90 Å². The van der Waals surface area contributed by atoms with Gasteiger partial charge < -0.3 is 0 Å². The molecule has 3 rings (SSSR count). The van der Waals surface area contributed by atoms with Crippen molar-refractivity contribution < 1.29 is 0 Å². The van der Waals surface area contributed by atoms with E-state index < -0.39 is 0 Å². The van der Waals surface area contributed by atoms with Crippen LogP contribution in [-0.4, -0.2) is 18.0 Å². The van der Waals surface area contributed by atoms with Crippen molar-refractivity contribution in [2.45, 2.75) is 70.8 Å². The standard InChI is InChI=1S/C26H37N/c1-2-3-4-5-6-9-14-23-19-21-27(22-20-23)26(24-15-10-7-11-16-24)25-17-12-8-13-18-25/h7-8,10-13,15-18,23,26H,2-6,9,14,19-22H2,1H3. The summed E-state index contributed by atoms with van der Waals surface area (Å²) in [6.07, 6.45) is 12.7. The molecule has 146 valence electrons. The highest BCUT2D eigenvalue weighted by atomic mass is 15.2. The lowest BCUT2D eigenvalue weighted by Gasteiger charge is -2.38. The Morgan fingerprint density at radius 2 is 1.26 bits per heavy atom. The van der Waals surface area contributed by atoms with Gasteiger partial charge in [0.15, 0.2) is 0 Å². The maximum Gasteiger partial charge on any atom is 0.0601 e. The number of unbranched alkanes of at least 4 members (excludes halogenated alkanes) is 5. The van der Waals surface area contributed by atoms with E-state index in [0.717, 1.165) is 5.92 Å². The van der Waals surface area contributed by atoms with Crippen LogP contribution in [0.1, 0.15) is 81.9 Å². The Hall–Kier alpha value is -1.60. The van der Waals surface area contributed by atoms with Gasteiger partial charge in [0.05, 0.1) is 6.04 Å². The molecule has 0 saturated carbocycles. The van der Waals surface area contributed by atoms with E-state index in [1.807, 2.05) is 0 Å². The molecular weight excluding hydrogens is 326 g/mol.